The molecule has 4 N–H and O–H groups in total. The van der Waals surface area contributed by atoms with E-state index in [2.05, 4.69) is 33.2 Å². The Morgan fingerprint density at radius 2 is 2.40 bits per heavy atom. The maximum absolute atomic E-state index is 10.7. The molecular formula is C5H10IN3O. The number of amides is 2. The van der Waals surface area contributed by atoms with Gasteiger partial charge in [-0.25, -0.2) is 4.79 Å². The molecule has 5 heteroatoms. The Morgan fingerprint density at radius 3 is 2.80 bits per heavy atom. The number of nitrogens with two attached hydrogens (primary N) is 1. The van der Waals surface area contributed by atoms with E-state index in [1.165, 1.54) is 12.4 Å². The van der Waals surface area contributed by atoms with Crippen LogP contribution in [-0.4, -0.2) is 10.1 Å². The molecule has 2 amide bonds. The van der Waals surface area contributed by atoms with Gasteiger partial charge in [0.05, 0.1) is 4.05 Å². The van der Waals surface area contributed by atoms with Gasteiger partial charge in [-0.15, -0.1) is 0 Å². The number of carbonyl (C=O) groups excluding carboxylic acids is 1. The van der Waals surface area contributed by atoms with Gasteiger partial charge in [0.15, 0.2) is 0 Å². The molecule has 1 atom stereocenters. The molecule has 0 radical (unpaired) electrons. The maximum atomic E-state index is 10.7. The van der Waals surface area contributed by atoms with Crippen LogP contribution in [0.3, 0.4) is 0 Å². The maximum Gasteiger partial charge on any atom is 0.319 e. The number of alkyl halides is 1. The quantitative estimate of drug-likeness (QED) is 0.382. The molecule has 0 saturated heterocycles. The summed E-state index contributed by atoms with van der Waals surface area (Å²) in [6.45, 7) is 1.87. The van der Waals surface area contributed by atoms with Gasteiger partial charge in [0, 0.05) is 12.4 Å². The molecule has 0 spiro atoms. The van der Waals surface area contributed by atoms with E-state index in [9.17, 15) is 4.79 Å². The molecule has 0 fully saturated rings. The van der Waals surface area contributed by atoms with Crippen LogP contribution < -0.4 is 16.4 Å². The van der Waals surface area contributed by atoms with Crippen molar-refractivity contribution in [2.24, 2.45) is 5.73 Å². The molecule has 0 rings (SSSR count). The normalized spacial score (nSPS) is 13.0. The molecule has 0 saturated carbocycles. The zero-order valence-electron chi connectivity index (χ0n) is 5.60. The second kappa shape index (κ2) is 5.33. The molecule has 0 heterocycles. The van der Waals surface area contributed by atoms with E-state index in [1.807, 2.05) is 6.92 Å². The summed E-state index contributed by atoms with van der Waals surface area (Å²) in [6, 6.07) is -0.247. The van der Waals surface area contributed by atoms with Crippen molar-refractivity contribution in [2.75, 3.05) is 0 Å². The van der Waals surface area contributed by atoms with Crippen LogP contribution in [-0.2, 0) is 0 Å². The van der Waals surface area contributed by atoms with Gasteiger partial charge in [0.1, 0.15) is 0 Å². The standard InChI is InChI=1S/C5H10IN3O/c1-4(6)9-5(10)8-3-2-7/h2-4H,7H2,1H3,(H2,8,9,10)/b3-2+. The van der Waals surface area contributed by atoms with Gasteiger partial charge in [0.25, 0.3) is 0 Å². The minimum Gasteiger partial charge on any atom is -0.403 e. The summed E-state index contributed by atoms with van der Waals surface area (Å²) in [5.74, 6) is 0. The van der Waals surface area contributed by atoms with Gasteiger partial charge in [-0.2, -0.15) is 0 Å². The summed E-state index contributed by atoms with van der Waals surface area (Å²) in [7, 11) is 0. The number of carbonyl (C=O) groups is 1. The van der Waals surface area contributed by atoms with Crippen molar-refractivity contribution in [3.8, 4) is 0 Å². The predicted molar refractivity (Wildman–Crippen MR) is 48.5 cm³/mol. The highest BCUT2D eigenvalue weighted by Crippen LogP contribution is 1.90. The number of urea groups is 1. The summed E-state index contributed by atoms with van der Waals surface area (Å²) >= 11 is 2.08. The fourth-order valence-electron chi connectivity index (χ4n) is 0.346. The van der Waals surface area contributed by atoms with Crippen LogP contribution in [0.2, 0.25) is 0 Å². The average Bonchev–Trinajstić information content (AvgIpc) is 1.82. The van der Waals surface area contributed by atoms with Crippen molar-refractivity contribution in [1.82, 2.24) is 10.6 Å². The largest absolute Gasteiger partial charge is 0.403 e. The highest BCUT2D eigenvalue weighted by Gasteiger charge is 1.98. The Bertz CT molecular complexity index is 135. The molecule has 0 aromatic carbocycles. The van der Waals surface area contributed by atoms with Crippen LogP contribution >= 0.6 is 22.6 Å². The van der Waals surface area contributed by atoms with Crippen LogP contribution in [0.1, 0.15) is 6.92 Å². The zero-order chi connectivity index (χ0) is 7.98. The van der Waals surface area contributed by atoms with E-state index in [0.717, 1.165) is 0 Å². The van der Waals surface area contributed by atoms with Crippen molar-refractivity contribution < 1.29 is 4.79 Å². The van der Waals surface area contributed by atoms with Crippen LogP contribution in [0, 0.1) is 0 Å². The Morgan fingerprint density at radius 1 is 1.80 bits per heavy atom. The Labute approximate surface area is 73.4 Å². The van der Waals surface area contributed by atoms with Crippen molar-refractivity contribution in [1.29, 1.82) is 0 Å². The zero-order valence-corrected chi connectivity index (χ0v) is 7.75. The van der Waals surface area contributed by atoms with Crippen LogP contribution in [0.4, 0.5) is 4.79 Å². The van der Waals surface area contributed by atoms with Gasteiger partial charge in [0.2, 0.25) is 0 Å². The first kappa shape index (κ1) is 9.54. The summed E-state index contributed by atoms with van der Waals surface area (Å²) < 4.78 is 0.115. The molecule has 0 aliphatic heterocycles. The van der Waals surface area contributed by atoms with E-state index in [-0.39, 0.29) is 10.1 Å². The Balaban J connectivity index is 3.44. The second-order valence-corrected chi connectivity index (χ2v) is 3.46. The SMILES string of the molecule is CC(I)NC(=O)N/C=C/N. The number of halogens is 1. The fourth-order valence-corrected chi connectivity index (χ4v) is 0.629. The Hall–Kier alpha value is -0.460. The lowest BCUT2D eigenvalue weighted by Gasteiger charge is -2.04. The molecule has 1 unspecified atom stereocenters. The van der Waals surface area contributed by atoms with E-state index >= 15 is 0 Å². The van der Waals surface area contributed by atoms with E-state index in [1.54, 1.807) is 0 Å². The number of hydrogen-bond acceptors (Lipinski definition) is 2. The van der Waals surface area contributed by atoms with Gasteiger partial charge in [-0.05, 0) is 6.92 Å². The third kappa shape index (κ3) is 5.67. The monoisotopic (exact) mass is 255 g/mol. The minimum absolute atomic E-state index is 0.115. The molecule has 0 aliphatic carbocycles. The van der Waals surface area contributed by atoms with Crippen LogP contribution in [0.15, 0.2) is 12.4 Å². The second-order valence-electron chi connectivity index (χ2n) is 1.59. The third-order valence-electron chi connectivity index (χ3n) is 0.641. The molecular weight excluding hydrogens is 245 g/mol. The van der Waals surface area contributed by atoms with Crippen molar-refractivity contribution >= 4 is 28.6 Å². The van der Waals surface area contributed by atoms with E-state index < -0.39 is 0 Å². The average molecular weight is 255 g/mol. The number of nitrogens with one attached hydrogen (secondary N) is 2. The number of rotatable bonds is 2. The molecule has 0 bridgehead atoms. The minimum atomic E-state index is -0.247. The summed E-state index contributed by atoms with van der Waals surface area (Å²) in [6.07, 6.45) is 2.63. The summed E-state index contributed by atoms with van der Waals surface area (Å²) in [5, 5.41) is 5.01. The lowest BCUT2D eigenvalue weighted by molar-refractivity contribution is 0.244. The van der Waals surface area contributed by atoms with Gasteiger partial charge in [-0.3, -0.25) is 0 Å². The van der Waals surface area contributed by atoms with Crippen molar-refractivity contribution in [3.63, 3.8) is 0 Å². The van der Waals surface area contributed by atoms with E-state index in [0.29, 0.717) is 0 Å². The topological polar surface area (TPSA) is 67.2 Å². The fraction of sp³-hybridized carbons (Fsp3) is 0.400. The van der Waals surface area contributed by atoms with Gasteiger partial charge >= 0.3 is 6.03 Å². The molecule has 0 aliphatic rings. The third-order valence-corrected chi connectivity index (χ3v) is 0.952. The first-order chi connectivity index (χ1) is 4.66. The summed E-state index contributed by atoms with van der Waals surface area (Å²) in [5.41, 5.74) is 4.98. The highest BCUT2D eigenvalue weighted by atomic mass is 127. The molecule has 10 heavy (non-hydrogen) atoms. The molecule has 58 valence electrons. The van der Waals surface area contributed by atoms with E-state index in [4.69, 9.17) is 5.73 Å². The van der Waals surface area contributed by atoms with Crippen molar-refractivity contribution in [2.45, 2.75) is 11.0 Å². The van der Waals surface area contributed by atoms with Gasteiger partial charge < -0.3 is 16.4 Å². The predicted octanol–water partition coefficient (Wildman–Crippen LogP) is 0.496. The smallest absolute Gasteiger partial charge is 0.319 e. The first-order valence-electron chi connectivity index (χ1n) is 2.74. The lowest BCUT2D eigenvalue weighted by atomic mass is 10.7. The molecule has 4 nitrogen and oxygen atoms in total. The van der Waals surface area contributed by atoms with Crippen molar-refractivity contribution in [3.05, 3.63) is 12.4 Å². The van der Waals surface area contributed by atoms with Crippen LogP contribution in [0.5, 0.6) is 0 Å². The highest BCUT2D eigenvalue weighted by molar-refractivity contribution is 14.1. The number of hydrogen-bond donors (Lipinski definition) is 3. The molecule has 0 aromatic heterocycles. The Kier molecular flexibility index (Phi) is 5.09. The van der Waals surface area contributed by atoms with Crippen LogP contribution in [0.25, 0.3) is 0 Å². The molecule has 0 aromatic rings. The van der Waals surface area contributed by atoms with Gasteiger partial charge in [-0.1, -0.05) is 22.6 Å². The lowest BCUT2D eigenvalue weighted by Crippen LogP contribution is -2.35. The first-order valence-corrected chi connectivity index (χ1v) is 3.99. The summed E-state index contributed by atoms with van der Waals surface area (Å²) in [4.78, 5) is 10.7.